The maximum absolute atomic E-state index is 9.00. The highest BCUT2D eigenvalue weighted by Crippen LogP contribution is 2.20. The monoisotopic (exact) mass is 231 g/mol. The van der Waals surface area contributed by atoms with E-state index < -0.39 is 5.54 Å². The number of nitrogens with zero attached hydrogens (tertiary/aromatic N) is 2. The van der Waals surface area contributed by atoms with Gasteiger partial charge in [0.25, 0.3) is 0 Å². The lowest BCUT2D eigenvalue weighted by atomic mass is 10.0. The summed E-state index contributed by atoms with van der Waals surface area (Å²) in [5.41, 5.74) is 8.49. The van der Waals surface area contributed by atoms with E-state index in [0.29, 0.717) is 0 Å². The van der Waals surface area contributed by atoms with Gasteiger partial charge in [-0.25, -0.2) is 4.98 Å². The lowest BCUT2D eigenvalue weighted by molar-refractivity contribution is 0.282. The van der Waals surface area contributed by atoms with Crippen LogP contribution in [0.25, 0.3) is 5.69 Å². The first kappa shape index (κ1) is 11.8. The Hall–Kier alpha value is -1.65. The van der Waals surface area contributed by atoms with E-state index >= 15 is 0 Å². The summed E-state index contributed by atoms with van der Waals surface area (Å²) in [4.78, 5) is 4.14. The smallest absolute Gasteiger partial charge is 0.0994 e. The Balaban J connectivity index is 2.43. The quantitative estimate of drug-likeness (QED) is 0.842. The van der Waals surface area contributed by atoms with Gasteiger partial charge in [0, 0.05) is 5.69 Å². The van der Waals surface area contributed by atoms with Crippen molar-refractivity contribution in [2.45, 2.75) is 26.0 Å². The molecule has 0 aliphatic carbocycles. The summed E-state index contributed by atoms with van der Waals surface area (Å²) in [5, 5.41) is 9.00. The van der Waals surface area contributed by atoms with Gasteiger partial charge in [0.05, 0.1) is 30.4 Å². The van der Waals surface area contributed by atoms with Gasteiger partial charge < -0.3 is 15.4 Å². The number of aromatic nitrogens is 2. The Bertz CT molecular complexity index is 494. The Morgan fingerprint density at radius 3 is 2.47 bits per heavy atom. The van der Waals surface area contributed by atoms with Crippen LogP contribution < -0.4 is 5.73 Å². The first-order valence-corrected chi connectivity index (χ1v) is 5.54. The second-order valence-electron chi connectivity index (χ2n) is 4.70. The molecule has 17 heavy (non-hydrogen) atoms. The summed E-state index contributed by atoms with van der Waals surface area (Å²) >= 11 is 0. The van der Waals surface area contributed by atoms with Crippen molar-refractivity contribution >= 4 is 0 Å². The van der Waals surface area contributed by atoms with Gasteiger partial charge in [0.2, 0.25) is 0 Å². The molecule has 0 aliphatic rings. The summed E-state index contributed by atoms with van der Waals surface area (Å²) < 4.78 is 1.96. The zero-order chi connectivity index (χ0) is 12.5. The van der Waals surface area contributed by atoms with Crippen molar-refractivity contribution in [3.8, 4) is 5.69 Å². The van der Waals surface area contributed by atoms with Crippen molar-refractivity contribution in [2.24, 2.45) is 5.73 Å². The highest BCUT2D eigenvalue weighted by atomic mass is 16.3. The third-order valence-corrected chi connectivity index (χ3v) is 2.70. The first-order chi connectivity index (χ1) is 8.02. The zero-order valence-electron chi connectivity index (χ0n) is 10.1. The third-order valence-electron chi connectivity index (χ3n) is 2.70. The number of benzene rings is 1. The molecule has 0 unspecified atom stereocenters. The fourth-order valence-electron chi connectivity index (χ4n) is 1.74. The van der Waals surface area contributed by atoms with E-state index in [4.69, 9.17) is 10.8 Å². The Morgan fingerprint density at radius 1 is 1.29 bits per heavy atom. The molecule has 0 atom stereocenters. The van der Waals surface area contributed by atoms with Crippen LogP contribution in [-0.4, -0.2) is 14.7 Å². The fraction of sp³-hybridized carbons (Fsp3) is 0.308. The van der Waals surface area contributed by atoms with Crippen molar-refractivity contribution in [3.05, 3.63) is 48.0 Å². The van der Waals surface area contributed by atoms with Crippen LogP contribution in [0.3, 0.4) is 0 Å². The summed E-state index contributed by atoms with van der Waals surface area (Å²) in [6.45, 7) is 3.95. The molecular formula is C13H17N3O. The van der Waals surface area contributed by atoms with Gasteiger partial charge in [-0.1, -0.05) is 12.1 Å². The van der Waals surface area contributed by atoms with Gasteiger partial charge in [0.15, 0.2) is 0 Å². The topological polar surface area (TPSA) is 64.1 Å². The van der Waals surface area contributed by atoms with Gasteiger partial charge in [-0.2, -0.15) is 0 Å². The minimum absolute atomic E-state index is 0.0550. The molecule has 0 fully saturated rings. The van der Waals surface area contributed by atoms with E-state index in [-0.39, 0.29) is 6.61 Å². The van der Waals surface area contributed by atoms with Crippen molar-refractivity contribution in [2.75, 3.05) is 0 Å². The SMILES string of the molecule is CC(C)(N)c1cncn1-c1ccc(CO)cc1. The molecule has 0 saturated heterocycles. The molecule has 0 spiro atoms. The van der Waals surface area contributed by atoms with Crippen molar-refractivity contribution in [1.29, 1.82) is 0 Å². The zero-order valence-corrected chi connectivity index (χ0v) is 10.1. The van der Waals surface area contributed by atoms with Crippen LogP contribution in [0.4, 0.5) is 0 Å². The first-order valence-electron chi connectivity index (χ1n) is 5.54. The van der Waals surface area contributed by atoms with Crippen LogP contribution in [0, 0.1) is 0 Å². The molecule has 0 aliphatic heterocycles. The lowest BCUT2D eigenvalue weighted by Crippen LogP contribution is -2.31. The number of rotatable bonds is 3. The molecule has 1 heterocycles. The van der Waals surface area contributed by atoms with Gasteiger partial charge in [-0.05, 0) is 31.5 Å². The molecule has 0 saturated carbocycles. The third kappa shape index (κ3) is 2.38. The minimum Gasteiger partial charge on any atom is -0.392 e. The molecule has 2 rings (SSSR count). The predicted octanol–water partition coefficient (Wildman–Crippen LogP) is 1.56. The number of nitrogens with two attached hydrogens (primary N) is 1. The lowest BCUT2D eigenvalue weighted by Gasteiger charge is -2.20. The summed E-state index contributed by atoms with van der Waals surface area (Å²) in [6.07, 6.45) is 3.53. The molecule has 4 heteroatoms. The number of aliphatic hydroxyl groups is 1. The van der Waals surface area contributed by atoms with E-state index in [9.17, 15) is 0 Å². The molecule has 3 N–H and O–H groups in total. The molecule has 90 valence electrons. The van der Waals surface area contributed by atoms with E-state index in [0.717, 1.165) is 16.9 Å². The van der Waals surface area contributed by atoms with Crippen LogP contribution in [-0.2, 0) is 12.1 Å². The van der Waals surface area contributed by atoms with Crippen molar-refractivity contribution in [3.63, 3.8) is 0 Å². The molecule has 4 nitrogen and oxygen atoms in total. The second kappa shape index (κ2) is 4.31. The Morgan fingerprint density at radius 2 is 1.94 bits per heavy atom. The maximum Gasteiger partial charge on any atom is 0.0994 e. The van der Waals surface area contributed by atoms with Crippen LogP contribution in [0.5, 0.6) is 0 Å². The van der Waals surface area contributed by atoms with Crippen LogP contribution >= 0.6 is 0 Å². The van der Waals surface area contributed by atoms with Crippen molar-refractivity contribution < 1.29 is 5.11 Å². The average molecular weight is 231 g/mol. The fourth-order valence-corrected chi connectivity index (χ4v) is 1.74. The van der Waals surface area contributed by atoms with E-state index in [1.54, 1.807) is 12.5 Å². The molecule has 1 aromatic carbocycles. The number of imidazole rings is 1. The van der Waals surface area contributed by atoms with Crippen LogP contribution in [0.1, 0.15) is 25.1 Å². The van der Waals surface area contributed by atoms with E-state index in [1.807, 2.05) is 42.7 Å². The van der Waals surface area contributed by atoms with Gasteiger partial charge >= 0.3 is 0 Å². The average Bonchev–Trinajstić information content (AvgIpc) is 2.78. The summed E-state index contributed by atoms with van der Waals surface area (Å²) in [5.74, 6) is 0. The highest BCUT2D eigenvalue weighted by molar-refractivity contribution is 5.37. The van der Waals surface area contributed by atoms with E-state index in [1.165, 1.54) is 0 Å². The molecule has 0 bridgehead atoms. The van der Waals surface area contributed by atoms with Gasteiger partial charge in [0.1, 0.15) is 0 Å². The Kier molecular flexibility index (Phi) is 3.00. The predicted molar refractivity (Wildman–Crippen MR) is 66.7 cm³/mol. The van der Waals surface area contributed by atoms with Crippen LogP contribution in [0.2, 0.25) is 0 Å². The molecular weight excluding hydrogens is 214 g/mol. The summed E-state index contributed by atoms with van der Waals surface area (Å²) in [6, 6.07) is 7.68. The molecule has 0 radical (unpaired) electrons. The van der Waals surface area contributed by atoms with Gasteiger partial charge in [-0.3, -0.25) is 0 Å². The largest absolute Gasteiger partial charge is 0.392 e. The number of aliphatic hydroxyl groups excluding tert-OH is 1. The number of hydrogen-bond acceptors (Lipinski definition) is 3. The standard InChI is InChI=1S/C13H17N3O/c1-13(2,14)12-7-15-9-16(12)11-5-3-10(8-17)4-6-11/h3-7,9,17H,8,14H2,1-2H3. The molecule has 0 amide bonds. The van der Waals surface area contributed by atoms with Crippen LogP contribution in [0.15, 0.2) is 36.8 Å². The molecule has 2 aromatic rings. The van der Waals surface area contributed by atoms with Gasteiger partial charge in [-0.15, -0.1) is 0 Å². The molecule has 1 aromatic heterocycles. The highest BCUT2D eigenvalue weighted by Gasteiger charge is 2.19. The summed E-state index contributed by atoms with van der Waals surface area (Å²) in [7, 11) is 0. The minimum atomic E-state index is -0.438. The normalized spacial score (nSPS) is 11.8. The Labute approximate surface area is 101 Å². The van der Waals surface area contributed by atoms with E-state index in [2.05, 4.69) is 4.98 Å². The second-order valence-corrected chi connectivity index (χ2v) is 4.70. The van der Waals surface area contributed by atoms with Crippen molar-refractivity contribution in [1.82, 2.24) is 9.55 Å². The number of hydrogen-bond donors (Lipinski definition) is 2. The maximum atomic E-state index is 9.00.